The fourth-order valence-electron chi connectivity index (χ4n) is 5.29. The van der Waals surface area contributed by atoms with E-state index in [0.717, 1.165) is 62.9 Å². The molecule has 0 radical (unpaired) electrons. The summed E-state index contributed by atoms with van der Waals surface area (Å²) in [5, 5.41) is 0. The Labute approximate surface area is 179 Å². The Morgan fingerprint density at radius 3 is 2.63 bits per heavy atom. The van der Waals surface area contributed by atoms with Gasteiger partial charge in [0.15, 0.2) is 11.5 Å². The SMILES string of the molecule is COc1cc2c(cc1OC)CN(C1CCCN(Cc3ccc4c(c3)CCO4)C1)CC2. The summed E-state index contributed by atoms with van der Waals surface area (Å²) < 4.78 is 16.7. The van der Waals surface area contributed by atoms with Gasteiger partial charge in [-0.25, -0.2) is 0 Å². The minimum absolute atomic E-state index is 0.623. The molecular weight excluding hydrogens is 376 g/mol. The smallest absolute Gasteiger partial charge is 0.161 e. The van der Waals surface area contributed by atoms with E-state index in [2.05, 4.69) is 40.1 Å². The number of fused-ring (bicyclic) bond motifs is 2. The van der Waals surface area contributed by atoms with Crippen molar-refractivity contribution in [2.75, 3.05) is 40.5 Å². The van der Waals surface area contributed by atoms with Crippen molar-refractivity contribution in [2.45, 2.75) is 44.8 Å². The first-order valence-electron chi connectivity index (χ1n) is 11.2. The highest BCUT2D eigenvalue weighted by Gasteiger charge is 2.29. The Balaban J connectivity index is 1.25. The first-order chi connectivity index (χ1) is 14.7. The Morgan fingerprint density at radius 1 is 0.967 bits per heavy atom. The van der Waals surface area contributed by atoms with Crippen molar-refractivity contribution >= 4 is 0 Å². The first kappa shape index (κ1) is 19.7. The van der Waals surface area contributed by atoms with Gasteiger partial charge in [0.25, 0.3) is 0 Å². The standard InChI is InChI=1S/C25H32N2O3/c1-28-24-13-19-7-10-27(16-21(19)14-25(24)29-2)22-4-3-9-26(17-22)15-18-5-6-23-20(12-18)8-11-30-23/h5-6,12-14,22H,3-4,7-11,15-17H2,1-2H3. The lowest BCUT2D eigenvalue weighted by atomic mass is 9.95. The van der Waals surface area contributed by atoms with Crippen LogP contribution in [-0.2, 0) is 25.9 Å². The zero-order valence-corrected chi connectivity index (χ0v) is 18.2. The van der Waals surface area contributed by atoms with E-state index in [0.29, 0.717) is 6.04 Å². The lowest BCUT2D eigenvalue weighted by Crippen LogP contribution is -2.49. The largest absolute Gasteiger partial charge is 0.493 e. The van der Waals surface area contributed by atoms with Crippen LogP contribution in [0.4, 0.5) is 0 Å². The quantitative estimate of drug-likeness (QED) is 0.754. The Kier molecular flexibility index (Phi) is 5.57. The third kappa shape index (κ3) is 3.88. The van der Waals surface area contributed by atoms with Gasteiger partial charge in [-0.1, -0.05) is 12.1 Å². The third-order valence-electron chi connectivity index (χ3n) is 6.90. The molecule has 1 unspecified atom stereocenters. The number of benzene rings is 2. The molecule has 5 rings (SSSR count). The maximum atomic E-state index is 5.66. The molecule has 2 aromatic rings. The van der Waals surface area contributed by atoms with Gasteiger partial charge in [-0.15, -0.1) is 0 Å². The van der Waals surface area contributed by atoms with E-state index in [1.807, 2.05) is 0 Å². The molecule has 0 bridgehead atoms. The third-order valence-corrected chi connectivity index (χ3v) is 6.90. The lowest BCUT2D eigenvalue weighted by Gasteiger charge is -2.41. The molecule has 30 heavy (non-hydrogen) atoms. The van der Waals surface area contributed by atoms with Gasteiger partial charge in [0, 0.05) is 38.6 Å². The van der Waals surface area contributed by atoms with Crippen molar-refractivity contribution in [3.8, 4) is 17.2 Å². The summed E-state index contributed by atoms with van der Waals surface area (Å²) in [5.41, 5.74) is 5.57. The van der Waals surface area contributed by atoms with Gasteiger partial charge in [0.1, 0.15) is 5.75 Å². The molecule has 0 amide bonds. The molecule has 5 heteroatoms. The van der Waals surface area contributed by atoms with Gasteiger partial charge in [0.05, 0.1) is 20.8 Å². The van der Waals surface area contributed by atoms with Crippen molar-refractivity contribution in [3.63, 3.8) is 0 Å². The van der Waals surface area contributed by atoms with Crippen LogP contribution in [0.2, 0.25) is 0 Å². The minimum atomic E-state index is 0.623. The number of rotatable bonds is 5. The van der Waals surface area contributed by atoms with Gasteiger partial charge in [-0.2, -0.15) is 0 Å². The van der Waals surface area contributed by atoms with Gasteiger partial charge in [-0.3, -0.25) is 9.80 Å². The van der Waals surface area contributed by atoms with E-state index in [9.17, 15) is 0 Å². The van der Waals surface area contributed by atoms with Crippen LogP contribution in [0.5, 0.6) is 17.2 Å². The topological polar surface area (TPSA) is 34.2 Å². The number of methoxy groups -OCH3 is 2. The van der Waals surface area contributed by atoms with E-state index in [1.54, 1.807) is 14.2 Å². The molecule has 0 aromatic heterocycles. The number of hydrogen-bond donors (Lipinski definition) is 0. The second-order valence-electron chi connectivity index (χ2n) is 8.77. The molecular formula is C25H32N2O3. The van der Waals surface area contributed by atoms with Gasteiger partial charge in [0.2, 0.25) is 0 Å². The van der Waals surface area contributed by atoms with Crippen molar-refractivity contribution in [3.05, 3.63) is 52.6 Å². The highest BCUT2D eigenvalue weighted by atomic mass is 16.5. The summed E-state index contributed by atoms with van der Waals surface area (Å²) in [6.45, 7) is 6.34. The fourth-order valence-corrected chi connectivity index (χ4v) is 5.29. The van der Waals surface area contributed by atoms with Gasteiger partial charge >= 0.3 is 0 Å². The average molecular weight is 409 g/mol. The average Bonchev–Trinajstić information content (AvgIpc) is 3.26. The van der Waals surface area contributed by atoms with Crippen molar-refractivity contribution in [1.29, 1.82) is 0 Å². The normalized spacial score (nSPS) is 21.6. The molecule has 3 heterocycles. The fraction of sp³-hybridized carbons (Fsp3) is 0.520. The van der Waals surface area contributed by atoms with Crippen LogP contribution in [0.3, 0.4) is 0 Å². The van der Waals surface area contributed by atoms with Crippen LogP contribution < -0.4 is 14.2 Å². The molecule has 3 aliphatic rings. The van der Waals surface area contributed by atoms with Crippen molar-refractivity contribution < 1.29 is 14.2 Å². The summed E-state index contributed by atoms with van der Waals surface area (Å²) in [6, 6.07) is 11.7. The molecule has 1 saturated heterocycles. The van der Waals surface area contributed by atoms with Crippen LogP contribution >= 0.6 is 0 Å². The monoisotopic (exact) mass is 408 g/mol. The van der Waals surface area contributed by atoms with E-state index in [1.165, 1.54) is 41.6 Å². The highest BCUT2D eigenvalue weighted by molar-refractivity contribution is 5.48. The molecule has 0 spiro atoms. The van der Waals surface area contributed by atoms with E-state index >= 15 is 0 Å². The van der Waals surface area contributed by atoms with E-state index in [-0.39, 0.29) is 0 Å². The molecule has 2 aromatic carbocycles. The van der Waals surface area contributed by atoms with Crippen LogP contribution in [0.25, 0.3) is 0 Å². The zero-order valence-electron chi connectivity index (χ0n) is 18.2. The molecule has 0 N–H and O–H groups in total. The second kappa shape index (κ2) is 8.48. The number of ether oxygens (including phenoxy) is 3. The zero-order chi connectivity index (χ0) is 20.5. The summed E-state index contributed by atoms with van der Waals surface area (Å²) in [5.74, 6) is 2.76. The minimum Gasteiger partial charge on any atom is -0.493 e. The van der Waals surface area contributed by atoms with Crippen LogP contribution in [-0.4, -0.2) is 56.3 Å². The molecule has 3 aliphatic heterocycles. The molecule has 0 saturated carbocycles. The Bertz CT molecular complexity index is 914. The molecule has 1 fully saturated rings. The number of nitrogens with zero attached hydrogens (tertiary/aromatic N) is 2. The van der Waals surface area contributed by atoms with Gasteiger partial charge < -0.3 is 14.2 Å². The summed E-state index contributed by atoms with van der Waals surface area (Å²) in [7, 11) is 3.43. The van der Waals surface area contributed by atoms with Crippen LogP contribution in [0.15, 0.2) is 30.3 Å². The highest BCUT2D eigenvalue weighted by Crippen LogP contribution is 2.34. The van der Waals surface area contributed by atoms with E-state index < -0.39 is 0 Å². The van der Waals surface area contributed by atoms with Crippen molar-refractivity contribution in [1.82, 2.24) is 9.80 Å². The molecule has 1 atom stereocenters. The second-order valence-corrected chi connectivity index (χ2v) is 8.77. The summed E-state index contributed by atoms with van der Waals surface area (Å²) >= 11 is 0. The number of likely N-dealkylation sites (tertiary alicyclic amines) is 1. The lowest BCUT2D eigenvalue weighted by molar-refractivity contribution is 0.0837. The summed E-state index contributed by atoms with van der Waals surface area (Å²) in [4.78, 5) is 5.31. The maximum absolute atomic E-state index is 5.66. The van der Waals surface area contributed by atoms with Crippen LogP contribution in [0, 0.1) is 0 Å². The molecule has 5 nitrogen and oxygen atoms in total. The Morgan fingerprint density at radius 2 is 1.80 bits per heavy atom. The molecule has 160 valence electrons. The van der Waals surface area contributed by atoms with Crippen molar-refractivity contribution in [2.24, 2.45) is 0 Å². The predicted octanol–water partition coefficient (Wildman–Crippen LogP) is 3.66. The van der Waals surface area contributed by atoms with Crippen LogP contribution in [0.1, 0.15) is 35.1 Å². The van der Waals surface area contributed by atoms with E-state index in [4.69, 9.17) is 14.2 Å². The Hall–Kier alpha value is -2.24. The predicted molar refractivity (Wildman–Crippen MR) is 118 cm³/mol. The number of piperidine rings is 1. The first-order valence-corrected chi connectivity index (χ1v) is 11.2. The molecule has 0 aliphatic carbocycles. The summed E-state index contributed by atoms with van der Waals surface area (Å²) in [6.07, 6.45) is 4.69. The maximum Gasteiger partial charge on any atom is 0.161 e. The number of hydrogen-bond acceptors (Lipinski definition) is 5. The van der Waals surface area contributed by atoms with Gasteiger partial charge in [-0.05, 0) is 66.3 Å².